The van der Waals surface area contributed by atoms with Gasteiger partial charge in [-0.3, -0.25) is 4.79 Å². The Bertz CT molecular complexity index is 1330. The summed E-state index contributed by atoms with van der Waals surface area (Å²) in [5.74, 6) is 2.74. The molecule has 1 N–H and O–H groups in total. The highest BCUT2D eigenvalue weighted by molar-refractivity contribution is 5.94. The molecule has 0 aliphatic rings. The number of carbonyl (C=O) groups excluding carboxylic acids is 1. The third-order valence-corrected chi connectivity index (χ3v) is 5.93. The maximum absolute atomic E-state index is 12.7. The lowest BCUT2D eigenvalue weighted by Crippen LogP contribution is -2.26. The molecule has 3 aromatic carbocycles. The van der Waals surface area contributed by atoms with Gasteiger partial charge in [-0.25, -0.2) is 4.98 Å². The molecule has 0 aliphatic heterocycles. The number of para-hydroxylation sites is 2. The van der Waals surface area contributed by atoms with Crippen molar-refractivity contribution in [3.8, 4) is 17.2 Å². The van der Waals surface area contributed by atoms with Gasteiger partial charge in [0.05, 0.1) is 31.8 Å². The number of aryl methyl sites for hydroxylation is 2. The summed E-state index contributed by atoms with van der Waals surface area (Å²) in [5.41, 5.74) is 4.78. The summed E-state index contributed by atoms with van der Waals surface area (Å²) >= 11 is 0. The lowest BCUT2D eigenvalue weighted by Gasteiger charge is -2.13. The van der Waals surface area contributed by atoms with Gasteiger partial charge < -0.3 is 24.1 Å². The van der Waals surface area contributed by atoms with Crippen molar-refractivity contribution in [1.82, 2.24) is 14.9 Å². The van der Waals surface area contributed by atoms with Crippen molar-refractivity contribution >= 4 is 16.9 Å². The summed E-state index contributed by atoms with van der Waals surface area (Å²) in [6.45, 7) is 5.74. The van der Waals surface area contributed by atoms with Crippen LogP contribution in [0.25, 0.3) is 11.0 Å². The van der Waals surface area contributed by atoms with Crippen LogP contribution >= 0.6 is 0 Å². The molecule has 1 amide bonds. The second-order valence-electron chi connectivity index (χ2n) is 8.36. The molecule has 0 saturated heterocycles. The van der Waals surface area contributed by atoms with Crippen molar-refractivity contribution in [2.45, 2.75) is 26.8 Å². The topological polar surface area (TPSA) is 74.6 Å². The zero-order valence-electron chi connectivity index (χ0n) is 20.6. The van der Waals surface area contributed by atoms with Crippen LogP contribution in [-0.4, -0.2) is 42.8 Å². The Hall–Kier alpha value is -4.00. The molecule has 0 saturated carbocycles. The second-order valence-corrected chi connectivity index (χ2v) is 8.36. The fourth-order valence-corrected chi connectivity index (χ4v) is 4.04. The lowest BCUT2D eigenvalue weighted by atomic mass is 10.1. The van der Waals surface area contributed by atoms with Crippen LogP contribution in [-0.2, 0) is 13.0 Å². The fraction of sp³-hybridized carbons (Fsp3) is 0.286. The van der Waals surface area contributed by atoms with E-state index in [1.807, 2.05) is 25.1 Å². The molecular formula is C28H31N3O4. The van der Waals surface area contributed by atoms with E-state index in [0.29, 0.717) is 43.2 Å². The number of hydrogen-bond donors (Lipinski definition) is 1. The van der Waals surface area contributed by atoms with Gasteiger partial charge in [0.25, 0.3) is 5.91 Å². The number of fused-ring (bicyclic) bond motifs is 1. The average Bonchev–Trinajstić information content (AvgIpc) is 3.22. The van der Waals surface area contributed by atoms with Crippen LogP contribution in [0.1, 0.15) is 27.3 Å². The molecule has 0 aliphatic carbocycles. The lowest BCUT2D eigenvalue weighted by molar-refractivity contribution is 0.0953. The van der Waals surface area contributed by atoms with Crippen molar-refractivity contribution in [2.24, 2.45) is 0 Å². The van der Waals surface area contributed by atoms with E-state index < -0.39 is 0 Å². The summed E-state index contributed by atoms with van der Waals surface area (Å²) in [6.07, 6.45) is 0.594. The highest BCUT2D eigenvalue weighted by Crippen LogP contribution is 2.27. The summed E-state index contributed by atoms with van der Waals surface area (Å²) in [4.78, 5) is 17.5. The normalized spacial score (nSPS) is 10.9. The van der Waals surface area contributed by atoms with Gasteiger partial charge in [0.2, 0.25) is 0 Å². The summed E-state index contributed by atoms with van der Waals surface area (Å²) < 4.78 is 18.8. The molecule has 1 aromatic heterocycles. The van der Waals surface area contributed by atoms with Gasteiger partial charge >= 0.3 is 0 Å². The number of carbonyl (C=O) groups is 1. The van der Waals surface area contributed by atoms with Crippen molar-refractivity contribution < 1.29 is 19.0 Å². The van der Waals surface area contributed by atoms with E-state index in [1.165, 1.54) is 5.56 Å². The van der Waals surface area contributed by atoms with Crippen LogP contribution in [0.4, 0.5) is 0 Å². The minimum Gasteiger partial charge on any atom is -0.493 e. The Morgan fingerprint density at radius 3 is 2.54 bits per heavy atom. The van der Waals surface area contributed by atoms with Crippen molar-refractivity contribution in [2.75, 3.05) is 27.4 Å². The third kappa shape index (κ3) is 5.57. The molecule has 0 unspecified atom stereocenters. The van der Waals surface area contributed by atoms with Gasteiger partial charge in [-0.05, 0) is 61.4 Å². The van der Waals surface area contributed by atoms with Crippen molar-refractivity contribution in [3.05, 3.63) is 83.2 Å². The number of ether oxygens (including phenoxy) is 3. The monoisotopic (exact) mass is 473 g/mol. The van der Waals surface area contributed by atoms with Gasteiger partial charge in [-0.2, -0.15) is 0 Å². The molecule has 182 valence electrons. The Balaban J connectivity index is 1.43. The number of nitrogens with one attached hydrogen (secondary N) is 1. The molecule has 1 heterocycles. The quantitative estimate of drug-likeness (QED) is 0.361. The van der Waals surface area contributed by atoms with Crippen LogP contribution in [0, 0.1) is 13.8 Å². The number of amides is 1. The minimum atomic E-state index is -0.174. The van der Waals surface area contributed by atoms with E-state index in [4.69, 9.17) is 19.2 Å². The first-order valence-electron chi connectivity index (χ1n) is 11.6. The number of imidazole rings is 1. The van der Waals surface area contributed by atoms with E-state index in [9.17, 15) is 4.79 Å². The molecule has 0 fully saturated rings. The number of methoxy groups -OCH3 is 2. The largest absolute Gasteiger partial charge is 0.493 e. The first-order valence-corrected chi connectivity index (χ1v) is 11.6. The molecule has 4 aromatic rings. The maximum atomic E-state index is 12.7. The molecule has 0 atom stereocenters. The Kier molecular flexibility index (Phi) is 7.55. The van der Waals surface area contributed by atoms with Gasteiger partial charge in [-0.15, -0.1) is 0 Å². The van der Waals surface area contributed by atoms with E-state index in [2.05, 4.69) is 41.1 Å². The molecular weight excluding hydrogens is 442 g/mol. The Morgan fingerprint density at radius 2 is 1.74 bits per heavy atom. The first kappa shape index (κ1) is 24.1. The van der Waals surface area contributed by atoms with Crippen LogP contribution in [0.15, 0.2) is 60.7 Å². The molecule has 0 radical (unpaired) electrons. The van der Waals surface area contributed by atoms with Gasteiger partial charge in [0, 0.05) is 18.5 Å². The minimum absolute atomic E-state index is 0.174. The Labute approximate surface area is 205 Å². The van der Waals surface area contributed by atoms with Crippen LogP contribution in [0.2, 0.25) is 0 Å². The predicted molar refractivity (Wildman–Crippen MR) is 137 cm³/mol. The molecule has 7 heteroatoms. The Morgan fingerprint density at radius 1 is 0.943 bits per heavy atom. The summed E-state index contributed by atoms with van der Waals surface area (Å²) in [7, 11) is 3.12. The highest BCUT2D eigenvalue weighted by atomic mass is 16.5. The molecule has 7 nitrogen and oxygen atoms in total. The standard InChI is InChI=1S/C28H31N3O4/c1-19-9-10-20(2)25(17-19)35-16-15-31-23-8-6-5-7-22(23)30-27(31)13-14-29-28(32)21-11-12-24(33-3)26(18-21)34-4/h5-12,17-18H,13-16H2,1-4H3,(H,29,32). The predicted octanol–water partition coefficient (Wildman–Crippen LogP) is 4.72. The van der Waals surface area contributed by atoms with Gasteiger partial charge in [-0.1, -0.05) is 24.3 Å². The maximum Gasteiger partial charge on any atom is 0.251 e. The van der Waals surface area contributed by atoms with E-state index >= 15 is 0 Å². The molecule has 0 spiro atoms. The molecule has 35 heavy (non-hydrogen) atoms. The average molecular weight is 474 g/mol. The van der Waals surface area contributed by atoms with Crippen LogP contribution in [0.3, 0.4) is 0 Å². The van der Waals surface area contributed by atoms with Crippen molar-refractivity contribution in [3.63, 3.8) is 0 Å². The smallest absolute Gasteiger partial charge is 0.251 e. The summed E-state index contributed by atoms with van der Waals surface area (Å²) in [5, 5.41) is 2.98. The highest BCUT2D eigenvalue weighted by Gasteiger charge is 2.13. The number of nitrogens with zero attached hydrogens (tertiary/aromatic N) is 2. The van der Waals surface area contributed by atoms with E-state index in [-0.39, 0.29) is 5.91 Å². The number of benzene rings is 3. The van der Waals surface area contributed by atoms with Crippen LogP contribution < -0.4 is 19.5 Å². The number of aromatic nitrogens is 2. The van der Waals surface area contributed by atoms with Crippen molar-refractivity contribution in [1.29, 1.82) is 0 Å². The zero-order valence-corrected chi connectivity index (χ0v) is 20.6. The fourth-order valence-electron chi connectivity index (χ4n) is 4.04. The van der Waals surface area contributed by atoms with E-state index in [0.717, 1.165) is 28.2 Å². The SMILES string of the molecule is COc1ccc(C(=O)NCCc2nc3ccccc3n2CCOc2cc(C)ccc2C)cc1OC. The first-order chi connectivity index (χ1) is 17.0. The van der Waals surface area contributed by atoms with E-state index in [1.54, 1.807) is 32.4 Å². The number of hydrogen-bond acceptors (Lipinski definition) is 5. The second kappa shape index (κ2) is 11.0. The van der Waals surface area contributed by atoms with Gasteiger partial charge in [0.15, 0.2) is 11.5 Å². The zero-order chi connectivity index (χ0) is 24.8. The van der Waals surface area contributed by atoms with Crippen LogP contribution in [0.5, 0.6) is 17.2 Å². The molecule has 4 rings (SSSR count). The van der Waals surface area contributed by atoms with Gasteiger partial charge in [0.1, 0.15) is 18.2 Å². The summed E-state index contributed by atoms with van der Waals surface area (Å²) in [6, 6.07) is 19.4. The molecule has 0 bridgehead atoms. The third-order valence-electron chi connectivity index (χ3n) is 5.93. The number of rotatable bonds is 10.